The molecule has 1 atom stereocenters. The molecule has 1 unspecified atom stereocenters. The highest BCUT2D eigenvalue weighted by atomic mass is 16.5. The van der Waals surface area contributed by atoms with Gasteiger partial charge >= 0.3 is 0 Å². The molecule has 1 aliphatic rings. The number of nitrogens with two attached hydrogens (primary N) is 1. The van der Waals surface area contributed by atoms with E-state index < -0.39 is 5.91 Å². The molecule has 4 N–H and O–H groups in total. The predicted molar refractivity (Wildman–Crippen MR) is 93.4 cm³/mol. The molecule has 2 amide bonds. The highest BCUT2D eigenvalue weighted by Gasteiger charge is 2.19. The molecule has 6 nitrogen and oxygen atoms in total. The van der Waals surface area contributed by atoms with Gasteiger partial charge in [0.15, 0.2) is 0 Å². The van der Waals surface area contributed by atoms with E-state index in [2.05, 4.69) is 5.32 Å². The van der Waals surface area contributed by atoms with Gasteiger partial charge in [-0.25, -0.2) is 0 Å². The van der Waals surface area contributed by atoms with Gasteiger partial charge in [0.25, 0.3) is 5.91 Å². The van der Waals surface area contributed by atoms with Gasteiger partial charge in [0.2, 0.25) is 5.91 Å². The number of rotatable bonds is 5. The summed E-state index contributed by atoms with van der Waals surface area (Å²) in [4.78, 5) is 23.5. The van der Waals surface area contributed by atoms with Crippen molar-refractivity contribution < 1.29 is 19.4 Å². The fraction of sp³-hybridized carbons (Fsp3) is 0.263. The molecule has 25 heavy (non-hydrogen) atoms. The lowest BCUT2D eigenvalue weighted by Gasteiger charge is -2.13. The molecule has 0 aromatic heterocycles. The number of hydrogen-bond donors (Lipinski definition) is 3. The van der Waals surface area contributed by atoms with Crippen molar-refractivity contribution in [2.24, 2.45) is 5.73 Å². The third-order valence-corrected chi connectivity index (χ3v) is 4.28. The van der Waals surface area contributed by atoms with Crippen molar-refractivity contribution in [3.63, 3.8) is 0 Å². The molecule has 2 aromatic rings. The van der Waals surface area contributed by atoms with Crippen LogP contribution in [0.4, 0.5) is 0 Å². The van der Waals surface area contributed by atoms with Crippen LogP contribution in [0.1, 0.15) is 33.6 Å². The number of aromatic hydroxyl groups is 1. The Balaban J connectivity index is 1.79. The van der Waals surface area contributed by atoms with Gasteiger partial charge in [-0.1, -0.05) is 24.3 Å². The molecular weight excluding hydrogens is 320 g/mol. The Morgan fingerprint density at radius 2 is 1.96 bits per heavy atom. The number of carbonyl (C=O) groups is 2. The Morgan fingerprint density at radius 1 is 1.20 bits per heavy atom. The van der Waals surface area contributed by atoms with Gasteiger partial charge in [-0.2, -0.15) is 0 Å². The normalized spacial score (nSPS) is 16.6. The molecule has 0 bridgehead atoms. The molecule has 130 valence electrons. The Kier molecular flexibility index (Phi) is 5.00. The van der Waals surface area contributed by atoms with Crippen LogP contribution in [0.25, 0.3) is 11.1 Å². The second-order valence-electron chi connectivity index (χ2n) is 5.99. The highest BCUT2D eigenvalue weighted by Crippen LogP contribution is 2.32. The monoisotopic (exact) mass is 340 g/mol. The van der Waals surface area contributed by atoms with E-state index in [0.717, 1.165) is 19.4 Å². The molecule has 1 aliphatic heterocycles. The third kappa shape index (κ3) is 3.80. The molecule has 1 saturated heterocycles. The van der Waals surface area contributed by atoms with Gasteiger partial charge in [-0.3, -0.25) is 9.59 Å². The van der Waals surface area contributed by atoms with Crippen LogP contribution in [-0.2, 0) is 4.74 Å². The van der Waals surface area contributed by atoms with Crippen LogP contribution in [0.15, 0.2) is 42.5 Å². The van der Waals surface area contributed by atoms with Crippen LogP contribution in [-0.4, -0.2) is 36.2 Å². The summed E-state index contributed by atoms with van der Waals surface area (Å²) >= 11 is 0. The number of phenols is 1. The van der Waals surface area contributed by atoms with Crippen LogP contribution in [0.3, 0.4) is 0 Å². The van der Waals surface area contributed by atoms with Crippen molar-refractivity contribution in [2.75, 3.05) is 13.2 Å². The third-order valence-electron chi connectivity index (χ3n) is 4.28. The van der Waals surface area contributed by atoms with Crippen molar-refractivity contribution in [1.82, 2.24) is 5.32 Å². The van der Waals surface area contributed by atoms with E-state index in [1.165, 1.54) is 0 Å². The molecule has 0 saturated carbocycles. The number of ether oxygens (including phenoxy) is 1. The van der Waals surface area contributed by atoms with Crippen molar-refractivity contribution >= 4 is 11.8 Å². The number of phenolic OH excluding ortho intramolecular Hbond substituents is 1. The Labute approximate surface area is 145 Å². The summed E-state index contributed by atoms with van der Waals surface area (Å²) in [6.45, 7) is 1.15. The lowest BCUT2D eigenvalue weighted by atomic mass is 9.99. The van der Waals surface area contributed by atoms with Gasteiger partial charge in [0, 0.05) is 24.3 Å². The quantitative estimate of drug-likeness (QED) is 0.775. The highest BCUT2D eigenvalue weighted by molar-refractivity contribution is 5.99. The van der Waals surface area contributed by atoms with E-state index in [0.29, 0.717) is 23.2 Å². The topological polar surface area (TPSA) is 102 Å². The molecule has 6 heteroatoms. The van der Waals surface area contributed by atoms with Crippen molar-refractivity contribution in [3.8, 4) is 16.9 Å². The Morgan fingerprint density at radius 3 is 2.60 bits per heavy atom. The minimum atomic E-state index is -0.516. The van der Waals surface area contributed by atoms with Gasteiger partial charge in [-0.05, 0) is 36.6 Å². The number of carbonyl (C=O) groups excluding carboxylic acids is 2. The molecule has 0 aliphatic carbocycles. The van der Waals surface area contributed by atoms with Crippen LogP contribution in [0.2, 0.25) is 0 Å². The summed E-state index contributed by atoms with van der Waals surface area (Å²) in [5.74, 6) is -0.958. The number of amides is 2. The summed E-state index contributed by atoms with van der Waals surface area (Å²) in [5, 5.41) is 13.3. The summed E-state index contributed by atoms with van der Waals surface area (Å²) in [6.07, 6.45) is 1.97. The maximum Gasteiger partial charge on any atom is 0.255 e. The summed E-state index contributed by atoms with van der Waals surface area (Å²) in [6, 6.07) is 11.5. The smallest absolute Gasteiger partial charge is 0.255 e. The molecule has 0 radical (unpaired) electrons. The molecular formula is C19H20N2O4. The summed E-state index contributed by atoms with van der Waals surface area (Å²) in [5.41, 5.74) is 7.02. The van der Waals surface area contributed by atoms with Crippen LogP contribution in [0.5, 0.6) is 5.75 Å². The summed E-state index contributed by atoms with van der Waals surface area (Å²) < 4.78 is 5.48. The Hall–Kier alpha value is -2.86. The van der Waals surface area contributed by atoms with E-state index in [-0.39, 0.29) is 23.3 Å². The van der Waals surface area contributed by atoms with E-state index in [9.17, 15) is 14.7 Å². The van der Waals surface area contributed by atoms with E-state index in [1.807, 2.05) is 0 Å². The average Bonchev–Trinajstić information content (AvgIpc) is 3.13. The average molecular weight is 340 g/mol. The van der Waals surface area contributed by atoms with Crippen LogP contribution < -0.4 is 11.1 Å². The SMILES string of the molecule is NC(=O)c1ccc(-c2cccc(C(=O)NCC3CCCO3)c2O)cc1. The fourth-order valence-electron chi connectivity index (χ4n) is 2.88. The molecule has 2 aromatic carbocycles. The zero-order valence-electron chi connectivity index (χ0n) is 13.7. The second-order valence-corrected chi connectivity index (χ2v) is 5.99. The molecule has 3 rings (SSSR count). The van der Waals surface area contributed by atoms with Crippen molar-refractivity contribution in [1.29, 1.82) is 0 Å². The van der Waals surface area contributed by atoms with Gasteiger partial charge in [-0.15, -0.1) is 0 Å². The molecule has 1 heterocycles. The maximum atomic E-state index is 12.4. The lowest BCUT2D eigenvalue weighted by molar-refractivity contribution is 0.0855. The minimum absolute atomic E-state index is 0.0376. The van der Waals surface area contributed by atoms with Crippen molar-refractivity contribution in [2.45, 2.75) is 18.9 Å². The first-order valence-corrected chi connectivity index (χ1v) is 8.18. The number of primary amides is 1. The predicted octanol–water partition coefficient (Wildman–Crippen LogP) is 2.07. The molecule has 1 fully saturated rings. The van der Waals surface area contributed by atoms with E-state index in [1.54, 1.807) is 42.5 Å². The molecule has 0 spiro atoms. The number of nitrogens with one attached hydrogen (secondary N) is 1. The number of hydrogen-bond acceptors (Lipinski definition) is 4. The maximum absolute atomic E-state index is 12.4. The van der Waals surface area contributed by atoms with Crippen LogP contribution >= 0.6 is 0 Å². The first-order chi connectivity index (χ1) is 12.1. The number of para-hydroxylation sites is 1. The van der Waals surface area contributed by atoms with Gasteiger partial charge in [0.05, 0.1) is 11.7 Å². The minimum Gasteiger partial charge on any atom is -0.506 e. The Bertz CT molecular complexity index is 781. The van der Waals surface area contributed by atoms with Crippen molar-refractivity contribution in [3.05, 3.63) is 53.6 Å². The van der Waals surface area contributed by atoms with E-state index >= 15 is 0 Å². The second kappa shape index (κ2) is 7.36. The number of benzene rings is 2. The van der Waals surface area contributed by atoms with Gasteiger partial charge < -0.3 is 20.9 Å². The zero-order chi connectivity index (χ0) is 17.8. The van der Waals surface area contributed by atoms with Crippen LogP contribution in [0, 0.1) is 0 Å². The lowest BCUT2D eigenvalue weighted by Crippen LogP contribution is -2.31. The van der Waals surface area contributed by atoms with Gasteiger partial charge in [0.1, 0.15) is 5.75 Å². The fourth-order valence-corrected chi connectivity index (χ4v) is 2.88. The standard InChI is InChI=1S/C19H20N2O4/c20-18(23)13-8-6-12(7-9-13)15-4-1-5-16(17(15)22)19(24)21-11-14-3-2-10-25-14/h1,4-9,14,22H,2-3,10-11H2,(H2,20,23)(H,21,24). The zero-order valence-corrected chi connectivity index (χ0v) is 13.7. The largest absolute Gasteiger partial charge is 0.506 e. The summed E-state index contributed by atoms with van der Waals surface area (Å²) in [7, 11) is 0. The first kappa shape index (κ1) is 17.0. The first-order valence-electron chi connectivity index (χ1n) is 8.18. The van der Waals surface area contributed by atoms with E-state index in [4.69, 9.17) is 10.5 Å².